The smallest absolute Gasteiger partial charge is 0.425 e. The minimum Gasteiger partial charge on any atom is -0.494 e. The SMILES string of the molecule is COc1c(S(C)(=O)=O)ccc(O[C@H](C)C(F)(F)F)c1C(=O)N1CC(c2ccc(C(F)(F)F)c(F)c2)C1. The molecule has 0 spiro atoms. The van der Waals surface area contributed by atoms with Crippen molar-refractivity contribution in [1.82, 2.24) is 4.90 Å². The summed E-state index contributed by atoms with van der Waals surface area (Å²) in [6.07, 6.45) is -11.2. The zero-order chi connectivity index (χ0) is 27.2. The van der Waals surface area contributed by atoms with Crippen molar-refractivity contribution in [2.75, 3.05) is 26.5 Å². The third-order valence-corrected chi connectivity index (χ3v) is 6.72. The molecule has 1 aliphatic heterocycles. The van der Waals surface area contributed by atoms with Gasteiger partial charge in [-0.1, -0.05) is 6.07 Å². The number of amides is 1. The van der Waals surface area contributed by atoms with Gasteiger partial charge in [0.15, 0.2) is 21.7 Å². The fourth-order valence-electron chi connectivity index (χ4n) is 3.63. The van der Waals surface area contributed by atoms with Crippen LogP contribution in [0.5, 0.6) is 11.5 Å². The second kappa shape index (κ2) is 9.45. The molecule has 0 radical (unpaired) electrons. The van der Waals surface area contributed by atoms with Gasteiger partial charge in [-0.05, 0) is 36.8 Å². The van der Waals surface area contributed by atoms with Gasteiger partial charge in [0.25, 0.3) is 5.91 Å². The largest absolute Gasteiger partial charge is 0.494 e. The quantitative estimate of drug-likeness (QED) is 0.489. The number of likely N-dealkylation sites (tertiary alicyclic amines) is 1. The molecule has 1 atom stereocenters. The van der Waals surface area contributed by atoms with Crippen LogP contribution >= 0.6 is 0 Å². The number of ether oxygens (including phenoxy) is 2. The summed E-state index contributed by atoms with van der Waals surface area (Å²) in [6, 6.07) is 4.23. The van der Waals surface area contributed by atoms with Crippen molar-refractivity contribution in [3.05, 3.63) is 52.8 Å². The fraction of sp³-hybridized carbons (Fsp3) is 0.409. The molecule has 0 unspecified atom stereocenters. The van der Waals surface area contributed by atoms with Gasteiger partial charge in [0.1, 0.15) is 22.0 Å². The highest BCUT2D eigenvalue weighted by atomic mass is 32.2. The summed E-state index contributed by atoms with van der Waals surface area (Å²) in [5.41, 5.74) is -1.82. The second-order valence-electron chi connectivity index (χ2n) is 8.19. The van der Waals surface area contributed by atoms with Crippen LogP contribution in [0.15, 0.2) is 35.2 Å². The first kappa shape index (κ1) is 27.6. The van der Waals surface area contributed by atoms with Gasteiger partial charge in [0.05, 0.1) is 12.7 Å². The summed E-state index contributed by atoms with van der Waals surface area (Å²) in [7, 11) is -2.94. The summed E-state index contributed by atoms with van der Waals surface area (Å²) in [5.74, 6) is -4.06. The lowest BCUT2D eigenvalue weighted by Crippen LogP contribution is -2.48. The Morgan fingerprint density at radius 2 is 1.69 bits per heavy atom. The molecule has 2 aromatic rings. The Labute approximate surface area is 201 Å². The Bertz CT molecular complexity index is 1270. The maximum absolute atomic E-state index is 13.9. The van der Waals surface area contributed by atoms with Crippen molar-refractivity contribution >= 4 is 15.7 Å². The van der Waals surface area contributed by atoms with E-state index in [9.17, 15) is 43.9 Å². The zero-order valence-electron chi connectivity index (χ0n) is 19.0. The highest BCUT2D eigenvalue weighted by Crippen LogP contribution is 2.40. The molecular formula is C22H20F7NO5S. The predicted molar refractivity (Wildman–Crippen MR) is 112 cm³/mol. The third kappa shape index (κ3) is 5.52. The van der Waals surface area contributed by atoms with Gasteiger partial charge >= 0.3 is 12.4 Å². The molecule has 36 heavy (non-hydrogen) atoms. The highest BCUT2D eigenvalue weighted by molar-refractivity contribution is 7.90. The maximum atomic E-state index is 13.9. The molecule has 3 rings (SSSR count). The van der Waals surface area contributed by atoms with Crippen LogP contribution in [0.1, 0.15) is 34.3 Å². The molecule has 14 heteroatoms. The van der Waals surface area contributed by atoms with E-state index in [0.717, 1.165) is 36.5 Å². The lowest BCUT2D eigenvalue weighted by atomic mass is 9.90. The summed E-state index contributed by atoms with van der Waals surface area (Å²) < 4.78 is 126. The van der Waals surface area contributed by atoms with E-state index in [1.807, 2.05) is 0 Å². The van der Waals surface area contributed by atoms with Crippen LogP contribution in [-0.2, 0) is 16.0 Å². The van der Waals surface area contributed by atoms with Crippen molar-refractivity contribution in [3.8, 4) is 11.5 Å². The van der Waals surface area contributed by atoms with Gasteiger partial charge in [-0.15, -0.1) is 0 Å². The summed E-state index contributed by atoms with van der Waals surface area (Å²) in [5, 5.41) is 0. The maximum Gasteiger partial charge on any atom is 0.425 e. The molecule has 0 N–H and O–H groups in total. The average Bonchev–Trinajstić information content (AvgIpc) is 2.69. The molecule has 1 heterocycles. The highest BCUT2D eigenvalue weighted by Gasteiger charge is 2.41. The minimum absolute atomic E-state index is 0.121. The van der Waals surface area contributed by atoms with Crippen molar-refractivity contribution < 1.29 is 53.4 Å². The first-order chi connectivity index (χ1) is 16.4. The number of alkyl halides is 6. The van der Waals surface area contributed by atoms with E-state index in [-0.39, 0.29) is 18.7 Å². The summed E-state index contributed by atoms with van der Waals surface area (Å²) in [4.78, 5) is 13.9. The standard InChI is InChI=1S/C22H20F7NO5S/c1-11(21(24,25)26)35-16-6-7-17(36(3,32)33)19(34-2)18(16)20(31)30-9-13(10-30)12-4-5-14(15(23)8-12)22(27,28)29/h4-8,11,13H,9-10H2,1-3H3/t11-/m1/s1. The Morgan fingerprint density at radius 3 is 2.17 bits per heavy atom. The molecule has 0 bridgehead atoms. The van der Waals surface area contributed by atoms with E-state index in [1.54, 1.807) is 0 Å². The lowest BCUT2D eigenvalue weighted by Gasteiger charge is -2.40. The van der Waals surface area contributed by atoms with E-state index in [0.29, 0.717) is 19.1 Å². The van der Waals surface area contributed by atoms with Crippen LogP contribution < -0.4 is 9.47 Å². The Balaban J connectivity index is 1.94. The van der Waals surface area contributed by atoms with E-state index in [1.165, 1.54) is 0 Å². The Kier molecular flexibility index (Phi) is 7.23. The molecule has 198 valence electrons. The number of halogens is 7. The number of rotatable bonds is 6. The van der Waals surface area contributed by atoms with Crippen LogP contribution in [0.4, 0.5) is 30.7 Å². The molecule has 1 fully saturated rings. The predicted octanol–water partition coefficient (Wildman–Crippen LogP) is 4.83. The molecule has 1 aliphatic rings. The summed E-state index contributed by atoms with van der Waals surface area (Å²) in [6.45, 7) is 0.457. The molecule has 2 aromatic carbocycles. The molecule has 1 amide bonds. The van der Waals surface area contributed by atoms with Gasteiger partial charge in [-0.2, -0.15) is 26.3 Å². The first-order valence-corrected chi connectivity index (χ1v) is 12.1. The van der Waals surface area contributed by atoms with Gasteiger partial charge in [0.2, 0.25) is 0 Å². The number of methoxy groups -OCH3 is 1. The number of carbonyl (C=O) groups is 1. The number of hydrogen-bond donors (Lipinski definition) is 0. The van der Waals surface area contributed by atoms with E-state index < -0.39 is 73.5 Å². The molecular weight excluding hydrogens is 523 g/mol. The van der Waals surface area contributed by atoms with Gasteiger partial charge in [0, 0.05) is 25.3 Å². The number of nitrogens with zero attached hydrogens (tertiary/aromatic N) is 1. The van der Waals surface area contributed by atoms with Crippen LogP contribution in [-0.4, -0.2) is 58.0 Å². The number of sulfone groups is 1. The molecule has 6 nitrogen and oxygen atoms in total. The molecule has 0 aliphatic carbocycles. The van der Waals surface area contributed by atoms with Gasteiger partial charge in [-0.25, -0.2) is 12.8 Å². The number of benzene rings is 2. The average molecular weight is 543 g/mol. The normalized spacial score (nSPS) is 15.9. The van der Waals surface area contributed by atoms with E-state index in [4.69, 9.17) is 9.47 Å². The molecule has 1 saturated heterocycles. The van der Waals surface area contributed by atoms with Crippen LogP contribution in [0, 0.1) is 5.82 Å². The van der Waals surface area contributed by atoms with E-state index >= 15 is 0 Å². The Hall–Kier alpha value is -3.03. The van der Waals surface area contributed by atoms with Gasteiger partial charge < -0.3 is 14.4 Å². The van der Waals surface area contributed by atoms with Crippen molar-refractivity contribution in [1.29, 1.82) is 0 Å². The van der Waals surface area contributed by atoms with Crippen LogP contribution in [0.3, 0.4) is 0 Å². The van der Waals surface area contributed by atoms with Crippen molar-refractivity contribution in [2.24, 2.45) is 0 Å². The van der Waals surface area contributed by atoms with Gasteiger partial charge in [-0.3, -0.25) is 4.79 Å². The topological polar surface area (TPSA) is 72.9 Å². The fourth-order valence-corrected chi connectivity index (χ4v) is 4.46. The molecule has 0 saturated carbocycles. The molecule has 0 aromatic heterocycles. The third-order valence-electron chi connectivity index (χ3n) is 5.60. The number of hydrogen-bond acceptors (Lipinski definition) is 5. The second-order valence-corrected chi connectivity index (χ2v) is 10.2. The number of carbonyl (C=O) groups excluding carboxylic acids is 1. The van der Waals surface area contributed by atoms with Crippen LogP contribution in [0.25, 0.3) is 0 Å². The monoisotopic (exact) mass is 543 g/mol. The van der Waals surface area contributed by atoms with Crippen molar-refractivity contribution in [2.45, 2.75) is 36.2 Å². The van der Waals surface area contributed by atoms with Crippen molar-refractivity contribution in [3.63, 3.8) is 0 Å². The van der Waals surface area contributed by atoms with E-state index in [2.05, 4.69) is 0 Å². The first-order valence-electron chi connectivity index (χ1n) is 10.3. The zero-order valence-corrected chi connectivity index (χ0v) is 19.8. The van der Waals surface area contributed by atoms with Crippen LogP contribution in [0.2, 0.25) is 0 Å². The minimum atomic E-state index is -4.88. The summed E-state index contributed by atoms with van der Waals surface area (Å²) >= 11 is 0. The Morgan fingerprint density at radius 1 is 1.08 bits per heavy atom. The lowest BCUT2D eigenvalue weighted by molar-refractivity contribution is -0.189.